The molecule has 4 saturated heterocycles. The molecule has 3 unspecified atom stereocenters. The fourth-order valence-corrected chi connectivity index (χ4v) is 13.9. The number of nitrogens with two attached hydrogens (primary N) is 2. The van der Waals surface area contributed by atoms with E-state index in [1.807, 2.05) is 0 Å². The molecule has 0 saturated carbocycles. The highest BCUT2D eigenvalue weighted by Gasteiger charge is 2.44. The average Bonchev–Trinajstić information content (AvgIpc) is 4.42. The van der Waals surface area contributed by atoms with Gasteiger partial charge in [0, 0.05) is 42.8 Å². The lowest BCUT2D eigenvalue weighted by molar-refractivity contribution is -0.219. The molecule has 6 aromatic heterocycles. The molecule has 32 nitrogen and oxygen atoms in total. The molecular weight excluding hydrogens is 1170 g/mol. The number of aromatic nitrogens is 12. The third-order valence-corrected chi connectivity index (χ3v) is 18.1. The van der Waals surface area contributed by atoms with Crippen molar-refractivity contribution in [1.82, 2.24) is 58.1 Å². The summed E-state index contributed by atoms with van der Waals surface area (Å²) in [7, 11) is 0. The zero-order chi connectivity index (χ0) is 56.3. The van der Waals surface area contributed by atoms with Crippen molar-refractivity contribution in [1.29, 1.82) is 0 Å². The van der Waals surface area contributed by atoms with Crippen LogP contribution in [0.2, 0.25) is 0 Å². The topological polar surface area (TPSA) is 424 Å². The molecule has 0 bridgehead atoms. The molecule has 4 aliphatic rings. The summed E-state index contributed by atoms with van der Waals surface area (Å²) < 4.78 is 78.7. The zero-order valence-corrected chi connectivity index (χ0v) is 46.8. The Bertz CT molecular complexity index is 3750. The molecule has 0 amide bonds. The number of nitrogens with one attached hydrogen (secondary N) is 3. The minimum absolute atomic E-state index is 0.00304. The first kappa shape index (κ1) is 57.5. The number of rotatable bonds is 20. The van der Waals surface area contributed by atoms with Gasteiger partial charge in [0.2, 0.25) is 5.95 Å². The van der Waals surface area contributed by atoms with Crippen molar-refractivity contribution in [2.75, 3.05) is 31.3 Å². The number of hydrogen-bond acceptors (Lipinski definition) is 28. The maximum Gasteiger partial charge on any atom is 0.330 e. The Morgan fingerprint density at radius 2 is 1.18 bits per heavy atom. The van der Waals surface area contributed by atoms with E-state index >= 15 is 0 Å². The SMILES string of the molecule is CC[C@H]1O[C@@H](n2cc(C)c(=O)[nH]c2=O)C[C@H]1OP(=O)([S-])OC[C@H]1O[C@@H](n2cnc3c(=O)[nH]c(N)nc32)C[C@H]1OP([O-])(=S)OC[C@H]1O[C@@H](n2cc(C)c(=O)[nH]c2=O)C[C@H]1OP([O-])(=S)OC[C@@H]1CC[C@H](n2cnc3c(N)ncnc32)O1. The number of aromatic amines is 3. The van der Waals surface area contributed by atoms with E-state index < -0.39 is 129 Å². The van der Waals surface area contributed by atoms with Gasteiger partial charge in [-0.25, -0.2) is 29.5 Å². The highest BCUT2D eigenvalue weighted by atomic mass is 32.7. The predicted molar refractivity (Wildman–Crippen MR) is 279 cm³/mol. The van der Waals surface area contributed by atoms with Crippen molar-refractivity contribution < 1.29 is 60.4 Å². The summed E-state index contributed by atoms with van der Waals surface area (Å²) in [6, 6.07) is 0. The molecule has 0 aliphatic carbocycles. The van der Waals surface area contributed by atoms with Gasteiger partial charge in [0.15, 0.2) is 29.4 Å². The molecule has 38 heteroatoms. The van der Waals surface area contributed by atoms with Crippen LogP contribution in [0.15, 0.2) is 55.3 Å². The summed E-state index contributed by atoms with van der Waals surface area (Å²) in [5, 5.41) is 0. The van der Waals surface area contributed by atoms with E-state index in [4.69, 9.17) is 93.4 Å². The van der Waals surface area contributed by atoms with Gasteiger partial charge in [0.1, 0.15) is 62.4 Å². The van der Waals surface area contributed by atoms with Crippen molar-refractivity contribution in [2.45, 2.75) is 127 Å². The first-order valence-electron chi connectivity index (χ1n) is 24.3. The van der Waals surface area contributed by atoms with Gasteiger partial charge in [-0.1, -0.05) is 30.5 Å². The fourth-order valence-electron chi connectivity index (χ4n) is 9.55. The Morgan fingerprint density at radius 3 is 1.77 bits per heavy atom. The number of ether oxygens (including phenoxy) is 4. The summed E-state index contributed by atoms with van der Waals surface area (Å²) >= 11 is 16.1. The van der Waals surface area contributed by atoms with Crippen LogP contribution in [0, 0.1) is 13.8 Å². The van der Waals surface area contributed by atoms with Gasteiger partial charge in [-0.15, -0.1) is 0 Å². The minimum atomic E-state index is -4.69. The lowest BCUT2D eigenvalue weighted by Crippen LogP contribution is -2.34. The van der Waals surface area contributed by atoms with E-state index in [0.717, 1.165) is 4.57 Å². The molecular formula is C41H50N14O18P3S3-3. The van der Waals surface area contributed by atoms with Crippen LogP contribution >= 0.6 is 20.2 Å². The van der Waals surface area contributed by atoms with Crippen LogP contribution < -0.4 is 49.3 Å². The van der Waals surface area contributed by atoms with Crippen molar-refractivity contribution in [3.63, 3.8) is 0 Å². The van der Waals surface area contributed by atoms with Gasteiger partial charge in [-0.05, 0) is 33.1 Å². The number of fused-ring (bicyclic) bond motifs is 2. The van der Waals surface area contributed by atoms with Crippen LogP contribution in [0.5, 0.6) is 0 Å². The fraction of sp³-hybridized carbons (Fsp3) is 0.561. The van der Waals surface area contributed by atoms with Crippen LogP contribution in [0.1, 0.15) is 81.5 Å². The lowest BCUT2D eigenvalue weighted by atomic mass is 10.1. The highest BCUT2D eigenvalue weighted by Crippen LogP contribution is 2.53. The Kier molecular flexibility index (Phi) is 16.7. The lowest BCUT2D eigenvalue weighted by Gasteiger charge is -2.35. The molecule has 428 valence electrons. The van der Waals surface area contributed by atoms with Crippen LogP contribution in [0.25, 0.3) is 22.3 Å². The number of hydrogen-bond donors (Lipinski definition) is 5. The minimum Gasteiger partial charge on any atom is -0.780 e. The number of nitrogen functional groups attached to an aromatic ring is 2. The monoisotopic (exact) mass is 1220 g/mol. The van der Waals surface area contributed by atoms with Crippen molar-refractivity contribution in [3.05, 3.63) is 94.5 Å². The summed E-state index contributed by atoms with van der Waals surface area (Å²) in [6.45, 7) is -10.4. The molecule has 0 aromatic carbocycles. The van der Waals surface area contributed by atoms with Gasteiger partial charge in [-0.3, -0.25) is 52.2 Å². The third-order valence-electron chi connectivity index (χ3n) is 13.4. The Labute approximate surface area is 459 Å². The molecule has 0 radical (unpaired) electrons. The molecule has 10 heterocycles. The van der Waals surface area contributed by atoms with Crippen LogP contribution in [-0.4, -0.2) is 121 Å². The number of aryl methyl sites for hydroxylation is 2. The second-order valence-corrected chi connectivity index (χ2v) is 26.9. The quantitative estimate of drug-likeness (QED) is 0.0489. The largest absolute Gasteiger partial charge is 0.780 e. The Balaban J connectivity index is 0.831. The van der Waals surface area contributed by atoms with Crippen molar-refractivity contribution in [2.24, 2.45) is 0 Å². The molecule has 14 atom stereocenters. The maximum absolute atomic E-state index is 14.3. The summed E-state index contributed by atoms with van der Waals surface area (Å²) in [5.41, 5.74) is 9.52. The number of nitrogens with zero attached hydrogens (tertiary/aromatic N) is 9. The van der Waals surface area contributed by atoms with Crippen molar-refractivity contribution >= 4 is 90.2 Å². The van der Waals surface area contributed by atoms with Gasteiger partial charge >= 0.3 is 11.4 Å². The summed E-state index contributed by atoms with van der Waals surface area (Å²) in [4.78, 5) is 119. The summed E-state index contributed by atoms with van der Waals surface area (Å²) in [5.74, 6) is -0.0409. The van der Waals surface area contributed by atoms with E-state index in [1.54, 1.807) is 11.5 Å². The normalized spacial score (nSPS) is 28.6. The van der Waals surface area contributed by atoms with Gasteiger partial charge in [0.25, 0.3) is 16.7 Å². The van der Waals surface area contributed by atoms with E-state index in [1.165, 1.54) is 54.4 Å². The second kappa shape index (κ2) is 22.9. The van der Waals surface area contributed by atoms with Crippen LogP contribution in [0.3, 0.4) is 0 Å². The van der Waals surface area contributed by atoms with Gasteiger partial charge in [-0.2, -0.15) is 4.98 Å². The molecule has 4 fully saturated rings. The molecule has 7 N–H and O–H groups in total. The molecule has 6 aromatic rings. The highest BCUT2D eigenvalue weighted by molar-refractivity contribution is 8.32. The molecule has 4 aliphatic heterocycles. The van der Waals surface area contributed by atoms with E-state index in [2.05, 4.69) is 39.9 Å². The molecule has 0 spiro atoms. The predicted octanol–water partition coefficient (Wildman–Crippen LogP) is -0.179. The van der Waals surface area contributed by atoms with Crippen molar-refractivity contribution in [3.8, 4) is 0 Å². The summed E-state index contributed by atoms with van der Waals surface area (Å²) in [6.07, 6.45) is -3.66. The first-order chi connectivity index (χ1) is 37.4. The third kappa shape index (κ3) is 12.7. The standard InChI is InChI=1S/C41H53N14O18P3S3/c1-4-21-22(7-28(68-21)52-10-18(2)36(56)50-40(52)59)71-75(62,78)65-14-26-24(9-30(70-26)55-17-47-32-35(55)48-39(43)49-38(32)58)73-76(63,79)66-13-25-23(8-29(69-25)53-11-19(3)37(57)51-41(53)60)72-74(61,77)64-12-20-5-6-27(67-20)54-16-46-31-33(42)44-15-45-34(31)54/h10-11,15-17,20-30H,4-9,12-14H2,1-3H3,(H,61,77)(H,62,78)(H,63,79)(H2,42,44,45)(H,50,56,59)(H,51,57,60)(H3,43,48,49,58)/p-3/t20-,21+,22+,23+,24+,25+,26+,27+,28+,29+,30+,74?,75?,76?/m0/s1. The average molecular weight is 1220 g/mol. The second-order valence-electron chi connectivity index (χ2n) is 18.8. The van der Waals surface area contributed by atoms with Crippen LogP contribution in [-0.2, 0) is 86.5 Å². The van der Waals surface area contributed by atoms with E-state index in [9.17, 15) is 38.3 Å². The van der Waals surface area contributed by atoms with Gasteiger partial charge < -0.3 is 79.6 Å². The number of anilines is 2. The Hall–Kier alpha value is -4.74. The number of H-pyrrole nitrogens is 3. The smallest absolute Gasteiger partial charge is 0.330 e. The molecule has 79 heavy (non-hydrogen) atoms. The Morgan fingerprint density at radius 1 is 0.658 bits per heavy atom. The van der Waals surface area contributed by atoms with Gasteiger partial charge in [0.05, 0.1) is 63.0 Å². The first-order valence-corrected chi connectivity index (χ1v) is 31.9. The van der Waals surface area contributed by atoms with Crippen LogP contribution in [0.4, 0.5) is 11.8 Å². The number of imidazole rings is 2. The van der Waals surface area contributed by atoms with E-state index in [0.29, 0.717) is 30.4 Å². The molecule has 10 rings (SSSR count). The maximum atomic E-state index is 14.3. The van der Waals surface area contributed by atoms with E-state index in [-0.39, 0.29) is 59.9 Å². The zero-order valence-electron chi connectivity index (χ0n) is 41.7.